The van der Waals surface area contributed by atoms with Crippen LogP contribution >= 0.6 is 11.3 Å². The van der Waals surface area contributed by atoms with Gasteiger partial charge in [0.25, 0.3) is 5.91 Å². The van der Waals surface area contributed by atoms with Crippen LogP contribution in [-0.4, -0.2) is 66.2 Å². The fourth-order valence-electron chi connectivity index (χ4n) is 4.10. The van der Waals surface area contributed by atoms with Crippen molar-refractivity contribution in [2.24, 2.45) is 0 Å². The van der Waals surface area contributed by atoms with Crippen LogP contribution in [0, 0.1) is 0 Å². The highest BCUT2D eigenvalue weighted by molar-refractivity contribution is 7.23. The molecule has 8 heteroatoms. The van der Waals surface area contributed by atoms with E-state index in [2.05, 4.69) is 20.8 Å². The van der Waals surface area contributed by atoms with Gasteiger partial charge in [0, 0.05) is 37.0 Å². The Labute approximate surface area is 196 Å². The minimum absolute atomic E-state index is 0.0278. The molecule has 1 aliphatic rings. The fourth-order valence-corrected chi connectivity index (χ4v) is 5.15. The molecule has 1 fully saturated rings. The van der Waals surface area contributed by atoms with Gasteiger partial charge in [0.05, 0.1) is 35.7 Å². The molecule has 7 nitrogen and oxygen atoms in total. The number of benzene rings is 2. The van der Waals surface area contributed by atoms with Crippen LogP contribution in [0.25, 0.3) is 26.4 Å². The second-order valence-corrected chi connectivity index (χ2v) is 9.09. The van der Waals surface area contributed by atoms with Crippen LogP contribution in [0.1, 0.15) is 23.7 Å². The monoisotopic (exact) mass is 464 g/mol. The molecule has 0 radical (unpaired) electrons. The molecule has 3 heterocycles. The first-order valence-corrected chi connectivity index (χ1v) is 12.3. The van der Waals surface area contributed by atoms with Crippen LogP contribution in [0.3, 0.4) is 0 Å². The number of nitrogens with one attached hydrogen (secondary N) is 1. The molecular formula is C25H28N4O3S. The minimum atomic E-state index is -0.0278. The lowest BCUT2D eigenvalue weighted by atomic mass is 10.1. The summed E-state index contributed by atoms with van der Waals surface area (Å²) >= 11 is 1.60. The molecule has 33 heavy (non-hydrogen) atoms. The molecule has 0 aliphatic carbocycles. The van der Waals surface area contributed by atoms with E-state index in [1.807, 2.05) is 49.4 Å². The fraction of sp³-hybridized carbons (Fsp3) is 0.360. The highest BCUT2D eigenvalue weighted by Crippen LogP contribution is 2.30. The van der Waals surface area contributed by atoms with E-state index < -0.39 is 0 Å². The van der Waals surface area contributed by atoms with Crippen LogP contribution in [-0.2, 0) is 4.74 Å². The van der Waals surface area contributed by atoms with Gasteiger partial charge in [-0.15, -0.1) is 0 Å². The zero-order valence-corrected chi connectivity index (χ0v) is 19.6. The smallest absolute Gasteiger partial charge is 0.251 e. The number of amides is 1. The third-order valence-corrected chi connectivity index (χ3v) is 6.88. The lowest BCUT2D eigenvalue weighted by Gasteiger charge is -2.26. The molecule has 2 aromatic carbocycles. The Morgan fingerprint density at radius 1 is 1.18 bits per heavy atom. The van der Waals surface area contributed by atoms with Crippen LogP contribution in [0.4, 0.5) is 0 Å². The molecule has 5 rings (SSSR count). The van der Waals surface area contributed by atoms with E-state index in [4.69, 9.17) is 14.5 Å². The van der Waals surface area contributed by atoms with E-state index in [-0.39, 0.29) is 5.91 Å². The molecule has 172 valence electrons. The maximum atomic E-state index is 12.6. The number of imidazole rings is 1. The van der Waals surface area contributed by atoms with Crippen molar-refractivity contribution in [1.29, 1.82) is 0 Å². The van der Waals surface area contributed by atoms with Crippen molar-refractivity contribution in [2.45, 2.75) is 13.3 Å². The molecular weight excluding hydrogens is 436 g/mol. The number of aromatic nitrogens is 2. The molecule has 1 amide bonds. The van der Waals surface area contributed by atoms with E-state index in [1.165, 1.54) is 0 Å². The summed E-state index contributed by atoms with van der Waals surface area (Å²) in [6, 6.07) is 13.9. The SMILES string of the molecule is CCOc1ccc(-c2cn3c(n2)sc2cc(C(=O)NCCCN4CCOCC4)ccc23)cc1. The average molecular weight is 465 g/mol. The van der Waals surface area contributed by atoms with Gasteiger partial charge in [-0.1, -0.05) is 11.3 Å². The van der Waals surface area contributed by atoms with Gasteiger partial charge in [0.2, 0.25) is 0 Å². The van der Waals surface area contributed by atoms with Crippen LogP contribution in [0.15, 0.2) is 48.7 Å². The summed E-state index contributed by atoms with van der Waals surface area (Å²) in [7, 11) is 0. The normalized spacial score (nSPS) is 14.7. The molecule has 0 bridgehead atoms. The Bertz CT molecular complexity index is 1240. The Morgan fingerprint density at radius 2 is 2.00 bits per heavy atom. The van der Waals surface area contributed by atoms with Crippen LogP contribution in [0.5, 0.6) is 5.75 Å². The third-order valence-electron chi connectivity index (χ3n) is 5.86. The van der Waals surface area contributed by atoms with Crippen molar-refractivity contribution in [2.75, 3.05) is 46.0 Å². The van der Waals surface area contributed by atoms with Gasteiger partial charge in [0.1, 0.15) is 5.75 Å². The summed E-state index contributed by atoms with van der Waals surface area (Å²) in [6.45, 7) is 7.85. The minimum Gasteiger partial charge on any atom is -0.494 e. The Kier molecular flexibility index (Phi) is 6.57. The largest absolute Gasteiger partial charge is 0.494 e. The zero-order chi connectivity index (χ0) is 22.6. The Hall–Kier alpha value is -2.94. The molecule has 1 saturated heterocycles. The van der Waals surface area contributed by atoms with Crippen molar-refractivity contribution in [3.8, 4) is 17.0 Å². The standard InChI is InChI=1S/C25H28N4O3S/c1-2-32-20-7-4-18(5-8-20)21-17-29-22-9-6-19(16-23(22)33-25(29)27-21)24(30)26-10-3-11-28-12-14-31-15-13-28/h4-9,16-17H,2-3,10-15H2,1H3,(H,26,30). The maximum Gasteiger partial charge on any atom is 0.251 e. The molecule has 4 aromatic rings. The first-order valence-electron chi connectivity index (χ1n) is 11.4. The first-order chi connectivity index (χ1) is 16.2. The summed E-state index contributed by atoms with van der Waals surface area (Å²) in [5.41, 5.74) is 3.72. The number of ether oxygens (including phenoxy) is 2. The number of thiazole rings is 1. The number of nitrogens with zero attached hydrogens (tertiary/aromatic N) is 3. The van der Waals surface area contributed by atoms with E-state index in [0.29, 0.717) is 18.7 Å². The van der Waals surface area contributed by atoms with Crippen molar-refractivity contribution < 1.29 is 14.3 Å². The van der Waals surface area contributed by atoms with Crippen molar-refractivity contribution in [1.82, 2.24) is 19.6 Å². The molecule has 0 atom stereocenters. The first kappa shape index (κ1) is 21.9. The van der Waals surface area contributed by atoms with Gasteiger partial charge in [-0.05, 0) is 62.4 Å². The third kappa shape index (κ3) is 4.88. The van der Waals surface area contributed by atoms with Crippen molar-refractivity contribution in [3.05, 3.63) is 54.2 Å². The second kappa shape index (κ2) is 9.91. The van der Waals surface area contributed by atoms with Crippen LogP contribution in [0.2, 0.25) is 0 Å². The Morgan fingerprint density at radius 3 is 2.79 bits per heavy atom. The topological polar surface area (TPSA) is 68.1 Å². The average Bonchev–Trinajstić information content (AvgIpc) is 3.41. The number of hydrogen-bond acceptors (Lipinski definition) is 6. The molecule has 2 aromatic heterocycles. The number of rotatable bonds is 8. The molecule has 1 aliphatic heterocycles. The molecule has 0 spiro atoms. The maximum absolute atomic E-state index is 12.6. The number of carbonyl (C=O) groups is 1. The number of carbonyl (C=O) groups excluding carboxylic acids is 1. The van der Waals surface area contributed by atoms with E-state index in [9.17, 15) is 4.79 Å². The summed E-state index contributed by atoms with van der Waals surface area (Å²) in [5.74, 6) is 0.833. The summed E-state index contributed by atoms with van der Waals surface area (Å²) in [6.07, 6.45) is 2.99. The lowest BCUT2D eigenvalue weighted by molar-refractivity contribution is 0.0374. The van der Waals surface area contributed by atoms with E-state index in [0.717, 1.165) is 71.5 Å². The molecule has 0 unspecified atom stereocenters. The van der Waals surface area contributed by atoms with Gasteiger partial charge in [0.15, 0.2) is 4.96 Å². The number of fused-ring (bicyclic) bond motifs is 3. The van der Waals surface area contributed by atoms with Gasteiger partial charge < -0.3 is 14.8 Å². The lowest BCUT2D eigenvalue weighted by Crippen LogP contribution is -2.38. The van der Waals surface area contributed by atoms with Gasteiger partial charge in [-0.25, -0.2) is 4.98 Å². The van der Waals surface area contributed by atoms with Crippen molar-refractivity contribution >= 4 is 32.4 Å². The second-order valence-electron chi connectivity index (χ2n) is 8.08. The summed E-state index contributed by atoms with van der Waals surface area (Å²) in [5, 5.41) is 3.05. The summed E-state index contributed by atoms with van der Waals surface area (Å²) < 4.78 is 14.0. The predicted molar refractivity (Wildman–Crippen MR) is 131 cm³/mol. The van der Waals surface area contributed by atoms with E-state index in [1.54, 1.807) is 11.3 Å². The predicted octanol–water partition coefficient (Wildman–Crippen LogP) is 4.07. The highest BCUT2D eigenvalue weighted by Gasteiger charge is 2.14. The zero-order valence-electron chi connectivity index (χ0n) is 18.8. The van der Waals surface area contributed by atoms with Crippen LogP contribution < -0.4 is 10.1 Å². The summed E-state index contributed by atoms with van der Waals surface area (Å²) in [4.78, 5) is 20.7. The Balaban J connectivity index is 1.25. The van der Waals surface area contributed by atoms with Gasteiger partial charge >= 0.3 is 0 Å². The number of hydrogen-bond donors (Lipinski definition) is 1. The quantitative estimate of drug-likeness (QED) is 0.398. The van der Waals surface area contributed by atoms with Gasteiger partial charge in [-0.2, -0.15) is 0 Å². The van der Waals surface area contributed by atoms with Gasteiger partial charge in [-0.3, -0.25) is 14.1 Å². The highest BCUT2D eigenvalue weighted by atomic mass is 32.1. The number of morpholine rings is 1. The van der Waals surface area contributed by atoms with E-state index >= 15 is 0 Å². The van der Waals surface area contributed by atoms with Crippen molar-refractivity contribution in [3.63, 3.8) is 0 Å². The molecule has 1 N–H and O–H groups in total. The molecule has 0 saturated carbocycles.